The van der Waals surface area contributed by atoms with E-state index in [0.29, 0.717) is 13.2 Å². The van der Waals surface area contributed by atoms with Crippen molar-refractivity contribution in [3.8, 4) is 0 Å². The summed E-state index contributed by atoms with van der Waals surface area (Å²) in [5, 5.41) is 3.52. The van der Waals surface area contributed by atoms with E-state index in [4.69, 9.17) is 14.6 Å². The van der Waals surface area contributed by atoms with Gasteiger partial charge in [-0.1, -0.05) is 36.4 Å². The van der Waals surface area contributed by atoms with E-state index in [2.05, 4.69) is 30.6 Å². The van der Waals surface area contributed by atoms with E-state index in [0.717, 1.165) is 25.4 Å². The SMILES string of the molecule is C=CC(NCCC[Si](C)(OC)OCCCN)c1ccccc1.Cl. The minimum Gasteiger partial charge on any atom is -0.398 e. The van der Waals surface area contributed by atoms with E-state index in [1.165, 1.54) is 5.56 Å². The van der Waals surface area contributed by atoms with Crippen molar-refractivity contribution in [2.45, 2.75) is 31.5 Å². The Hall–Kier alpha value is -0.693. The minimum absolute atomic E-state index is 0. The van der Waals surface area contributed by atoms with Crippen molar-refractivity contribution in [1.29, 1.82) is 0 Å². The average Bonchev–Trinajstić information content (AvgIpc) is 2.56. The van der Waals surface area contributed by atoms with Crippen molar-refractivity contribution in [3.05, 3.63) is 48.6 Å². The third-order valence-electron chi connectivity index (χ3n) is 3.75. The molecule has 2 atom stereocenters. The fraction of sp³-hybridized carbons (Fsp3) is 0.529. The maximum absolute atomic E-state index is 5.93. The summed E-state index contributed by atoms with van der Waals surface area (Å²) in [7, 11) is -0.295. The lowest BCUT2D eigenvalue weighted by Crippen LogP contribution is -2.38. The second-order valence-electron chi connectivity index (χ2n) is 5.51. The average molecular weight is 359 g/mol. The highest BCUT2D eigenvalue weighted by Crippen LogP contribution is 2.17. The molecule has 6 heteroatoms. The van der Waals surface area contributed by atoms with Crippen LogP contribution in [0.15, 0.2) is 43.0 Å². The van der Waals surface area contributed by atoms with Gasteiger partial charge in [0.15, 0.2) is 0 Å². The molecule has 0 radical (unpaired) electrons. The van der Waals surface area contributed by atoms with Gasteiger partial charge in [-0.2, -0.15) is 0 Å². The van der Waals surface area contributed by atoms with Crippen molar-refractivity contribution in [2.24, 2.45) is 5.73 Å². The third kappa shape index (κ3) is 8.65. The Labute approximate surface area is 148 Å². The molecular formula is C17H31ClN2O2Si. The minimum atomic E-state index is -2.04. The topological polar surface area (TPSA) is 56.5 Å². The lowest BCUT2D eigenvalue weighted by Gasteiger charge is -2.25. The second kappa shape index (κ2) is 12.7. The Morgan fingerprint density at radius 3 is 2.57 bits per heavy atom. The second-order valence-corrected chi connectivity index (χ2v) is 8.97. The van der Waals surface area contributed by atoms with Crippen LogP contribution in [0, 0.1) is 0 Å². The molecule has 1 aromatic carbocycles. The fourth-order valence-corrected chi connectivity index (χ4v) is 4.13. The van der Waals surface area contributed by atoms with Gasteiger partial charge in [0.05, 0.1) is 6.04 Å². The van der Waals surface area contributed by atoms with Crippen LogP contribution in [0.25, 0.3) is 0 Å². The van der Waals surface area contributed by atoms with Crippen LogP contribution in [0.1, 0.15) is 24.4 Å². The van der Waals surface area contributed by atoms with Crippen LogP contribution in [-0.4, -0.2) is 35.4 Å². The van der Waals surface area contributed by atoms with Gasteiger partial charge < -0.3 is 19.9 Å². The van der Waals surface area contributed by atoms with Gasteiger partial charge >= 0.3 is 8.56 Å². The molecule has 2 unspecified atom stereocenters. The Balaban J connectivity index is 0.00000484. The molecule has 1 rings (SSSR count). The molecule has 0 heterocycles. The third-order valence-corrected chi connectivity index (χ3v) is 6.69. The Morgan fingerprint density at radius 2 is 2.00 bits per heavy atom. The number of benzene rings is 1. The van der Waals surface area contributed by atoms with Crippen molar-refractivity contribution >= 4 is 21.0 Å². The Morgan fingerprint density at radius 1 is 1.30 bits per heavy atom. The van der Waals surface area contributed by atoms with Crippen molar-refractivity contribution in [1.82, 2.24) is 5.32 Å². The van der Waals surface area contributed by atoms with Crippen molar-refractivity contribution < 1.29 is 8.85 Å². The van der Waals surface area contributed by atoms with Gasteiger partial charge in [0, 0.05) is 13.7 Å². The largest absolute Gasteiger partial charge is 0.398 e. The van der Waals surface area contributed by atoms with E-state index in [1.54, 1.807) is 7.11 Å². The number of nitrogens with one attached hydrogen (secondary N) is 1. The van der Waals surface area contributed by atoms with Crippen LogP contribution in [0.4, 0.5) is 0 Å². The molecular weight excluding hydrogens is 328 g/mol. The van der Waals surface area contributed by atoms with E-state index >= 15 is 0 Å². The van der Waals surface area contributed by atoms with Crippen LogP contribution in [0.2, 0.25) is 12.6 Å². The van der Waals surface area contributed by atoms with Crippen LogP contribution in [0.3, 0.4) is 0 Å². The maximum Gasteiger partial charge on any atom is 0.334 e. The standard InChI is InChI=1S/C17H30N2O2Si.ClH/c1-4-17(16-10-6-5-7-11-16)19-13-9-15-22(3,20-2)21-14-8-12-18;/h4-7,10-11,17,19H,1,8-9,12-15,18H2,2-3H3;1H. The number of halogens is 1. The predicted molar refractivity (Wildman–Crippen MR) is 102 cm³/mol. The first-order valence-corrected chi connectivity index (χ1v) is 10.5. The summed E-state index contributed by atoms with van der Waals surface area (Å²) in [6.45, 7) is 8.30. The molecule has 132 valence electrons. The molecule has 0 aromatic heterocycles. The number of rotatable bonds is 12. The molecule has 23 heavy (non-hydrogen) atoms. The molecule has 0 amide bonds. The van der Waals surface area contributed by atoms with Crippen molar-refractivity contribution in [2.75, 3.05) is 26.8 Å². The first kappa shape index (κ1) is 22.3. The van der Waals surface area contributed by atoms with Gasteiger partial charge in [0.25, 0.3) is 0 Å². The monoisotopic (exact) mass is 358 g/mol. The Bertz CT molecular complexity index is 422. The molecule has 0 aliphatic carbocycles. The number of hydrogen-bond acceptors (Lipinski definition) is 4. The fourth-order valence-electron chi connectivity index (χ4n) is 2.27. The molecule has 0 aliphatic rings. The molecule has 0 saturated heterocycles. The molecule has 1 aromatic rings. The highest BCUT2D eigenvalue weighted by Gasteiger charge is 2.29. The summed E-state index contributed by atoms with van der Waals surface area (Å²) in [6, 6.07) is 11.5. The molecule has 0 aliphatic heterocycles. The molecule has 4 nitrogen and oxygen atoms in total. The van der Waals surface area contributed by atoms with E-state index < -0.39 is 8.56 Å². The zero-order valence-corrected chi connectivity index (χ0v) is 16.1. The van der Waals surface area contributed by atoms with Gasteiger partial charge in [-0.05, 0) is 44.1 Å². The maximum atomic E-state index is 5.93. The molecule has 0 spiro atoms. The first-order chi connectivity index (χ1) is 10.6. The summed E-state index contributed by atoms with van der Waals surface area (Å²) >= 11 is 0. The van der Waals surface area contributed by atoms with E-state index in [-0.39, 0.29) is 18.4 Å². The van der Waals surface area contributed by atoms with Crippen LogP contribution in [-0.2, 0) is 8.85 Å². The summed E-state index contributed by atoms with van der Waals surface area (Å²) < 4.78 is 11.6. The van der Waals surface area contributed by atoms with Gasteiger partial charge in [-0.15, -0.1) is 19.0 Å². The normalized spacial score (nSPS) is 14.6. The van der Waals surface area contributed by atoms with E-state index in [9.17, 15) is 0 Å². The first-order valence-electron chi connectivity index (χ1n) is 7.95. The summed E-state index contributed by atoms with van der Waals surface area (Å²) in [5.74, 6) is 0. The lowest BCUT2D eigenvalue weighted by atomic mass is 10.1. The van der Waals surface area contributed by atoms with Crippen LogP contribution < -0.4 is 11.1 Å². The lowest BCUT2D eigenvalue weighted by molar-refractivity contribution is 0.202. The molecule has 0 bridgehead atoms. The quantitative estimate of drug-likeness (QED) is 0.341. The summed E-state index contributed by atoms with van der Waals surface area (Å²) in [6.07, 6.45) is 3.85. The van der Waals surface area contributed by atoms with Crippen LogP contribution >= 0.6 is 12.4 Å². The van der Waals surface area contributed by atoms with Gasteiger partial charge in [-0.3, -0.25) is 0 Å². The summed E-state index contributed by atoms with van der Waals surface area (Å²) in [5.41, 5.74) is 6.74. The summed E-state index contributed by atoms with van der Waals surface area (Å²) in [4.78, 5) is 0. The smallest absolute Gasteiger partial charge is 0.334 e. The van der Waals surface area contributed by atoms with Gasteiger partial charge in [-0.25, -0.2) is 0 Å². The number of nitrogens with two attached hydrogens (primary N) is 1. The molecule has 0 fully saturated rings. The van der Waals surface area contributed by atoms with E-state index in [1.807, 2.05) is 24.3 Å². The zero-order valence-electron chi connectivity index (χ0n) is 14.3. The molecule has 0 saturated carbocycles. The predicted octanol–water partition coefficient (Wildman–Crippen LogP) is 3.40. The van der Waals surface area contributed by atoms with Crippen LogP contribution in [0.5, 0.6) is 0 Å². The highest BCUT2D eigenvalue weighted by atomic mass is 35.5. The number of hydrogen-bond donors (Lipinski definition) is 2. The Kier molecular flexibility index (Phi) is 12.3. The zero-order chi connectivity index (χ0) is 16.3. The molecule has 3 N–H and O–H groups in total. The highest BCUT2D eigenvalue weighted by molar-refractivity contribution is 6.65. The van der Waals surface area contributed by atoms with Crippen molar-refractivity contribution in [3.63, 3.8) is 0 Å². The van der Waals surface area contributed by atoms with Gasteiger partial charge in [0.2, 0.25) is 0 Å². The van der Waals surface area contributed by atoms with Gasteiger partial charge in [0.1, 0.15) is 0 Å².